The molecule has 0 bridgehead atoms. The first-order chi connectivity index (χ1) is 17.4. The van der Waals surface area contributed by atoms with E-state index >= 15 is 0 Å². The number of Topliss-reactive ketones (excluding diaryl/α,β-unsaturated/α-hetero) is 1. The van der Waals surface area contributed by atoms with Gasteiger partial charge in [0.15, 0.2) is 5.78 Å². The van der Waals surface area contributed by atoms with Gasteiger partial charge in [0.2, 0.25) is 0 Å². The number of carbonyl (C=O) groups excluding carboxylic acids is 1. The van der Waals surface area contributed by atoms with Gasteiger partial charge in [0, 0.05) is 29.9 Å². The molecule has 1 aromatic heterocycles. The van der Waals surface area contributed by atoms with Gasteiger partial charge < -0.3 is 9.67 Å². The van der Waals surface area contributed by atoms with Gasteiger partial charge >= 0.3 is 5.97 Å². The third-order valence-corrected chi connectivity index (χ3v) is 7.75. The quantitative estimate of drug-likeness (QED) is 0.113. The van der Waals surface area contributed by atoms with Crippen LogP contribution < -0.4 is 0 Å². The molecular weight excluding hydrogens is 446 g/mol. The van der Waals surface area contributed by atoms with Crippen LogP contribution in [0.2, 0.25) is 0 Å². The second-order valence-corrected chi connectivity index (χ2v) is 10.9. The molecule has 0 fully saturated rings. The fourth-order valence-corrected chi connectivity index (χ4v) is 5.52. The Labute approximate surface area is 222 Å². The van der Waals surface area contributed by atoms with Crippen molar-refractivity contribution in [2.45, 2.75) is 169 Å². The Bertz CT molecular complexity index is 734. The standard InChI is InChI=1S/C32H57NO3/c1-5-7-9-10-11-12-13-14-15-16-17-18-19-20-21-23-30(34)32-27(3)29(24-25-31(35)36)33(28(32)4)26-22-8-6-2/h5-26H2,1-4H3,(H,35,36). The summed E-state index contributed by atoms with van der Waals surface area (Å²) in [5, 5.41) is 9.18. The van der Waals surface area contributed by atoms with Crippen molar-refractivity contribution in [1.82, 2.24) is 4.57 Å². The minimum atomic E-state index is -0.779. The number of carboxylic acids is 1. The molecule has 0 atom stereocenters. The topological polar surface area (TPSA) is 59.3 Å². The van der Waals surface area contributed by atoms with Crippen LogP contribution in [-0.4, -0.2) is 21.4 Å². The summed E-state index contributed by atoms with van der Waals surface area (Å²) >= 11 is 0. The predicted molar refractivity (Wildman–Crippen MR) is 153 cm³/mol. The van der Waals surface area contributed by atoms with Gasteiger partial charge in [-0.3, -0.25) is 9.59 Å². The van der Waals surface area contributed by atoms with E-state index in [0.717, 1.165) is 61.2 Å². The number of rotatable bonds is 24. The molecule has 1 heterocycles. The molecule has 0 radical (unpaired) electrons. The minimum absolute atomic E-state index is 0.116. The van der Waals surface area contributed by atoms with E-state index in [2.05, 4.69) is 18.4 Å². The molecule has 0 aromatic carbocycles. The van der Waals surface area contributed by atoms with E-state index in [0.29, 0.717) is 12.8 Å². The average Bonchev–Trinajstić information content (AvgIpc) is 3.08. The Morgan fingerprint density at radius 2 is 1.08 bits per heavy atom. The Balaban J connectivity index is 2.31. The molecule has 0 amide bonds. The van der Waals surface area contributed by atoms with Gasteiger partial charge in [-0.2, -0.15) is 0 Å². The zero-order chi connectivity index (χ0) is 26.6. The second-order valence-electron chi connectivity index (χ2n) is 10.9. The van der Waals surface area contributed by atoms with Crippen molar-refractivity contribution in [1.29, 1.82) is 0 Å². The number of unbranched alkanes of at least 4 members (excludes halogenated alkanes) is 16. The van der Waals surface area contributed by atoms with Crippen molar-refractivity contribution in [2.24, 2.45) is 0 Å². The highest BCUT2D eigenvalue weighted by atomic mass is 16.4. The van der Waals surface area contributed by atoms with Crippen LogP contribution in [0.1, 0.15) is 170 Å². The molecular formula is C32H57NO3. The number of nitrogens with zero attached hydrogens (tertiary/aromatic N) is 1. The van der Waals surface area contributed by atoms with Gasteiger partial charge in [0.1, 0.15) is 0 Å². The molecule has 208 valence electrons. The van der Waals surface area contributed by atoms with Gasteiger partial charge in [-0.05, 0) is 38.7 Å². The van der Waals surface area contributed by atoms with E-state index in [9.17, 15) is 14.7 Å². The molecule has 4 nitrogen and oxygen atoms in total. The van der Waals surface area contributed by atoms with Crippen LogP contribution in [0, 0.1) is 13.8 Å². The van der Waals surface area contributed by atoms with E-state index < -0.39 is 5.97 Å². The van der Waals surface area contributed by atoms with Crippen LogP contribution in [0.5, 0.6) is 0 Å². The molecule has 0 saturated carbocycles. The highest BCUT2D eigenvalue weighted by molar-refractivity contribution is 5.99. The van der Waals surface area contributed by atoms with E-state index in [1.54, 1.807) is 0 Å². The molecule has 1 rings (SSSR count). The van der Waals surface area contributed by atoms with Gasteiger partial charge in [0.05, 0.1) is 6.42 Å². The average molecular weight is 504 g/mol. The van der Waals surface area contributed by atoms with Crippen LogP contribution in [0.4, 0.5) is 0 Å². The van der Waals surface area contributed by atoms with Crippen molar-refractivity contribution in [3.63, 3.8) is 0 Å². The molecule has 0 aliphatic rings. The van der Waals surface area contributed by atoms with E-state index in [1.165, 1.54) is 83.5 Å². The SMILES string of the molecule is CCCCCCCCCCCCCCCCCC(=O)c1c(C)c(CCC(=O)O)n(CCCCC)c1C. The van der Waals surface area contributed by atoms with Gasteiger partial charge in [-0.25, -0.2) is 0 Å². The zero-order valence-electron chi connectivity index (χ0n) is 24.3. The van der Waals surface area contributed by atoms with Crippen LogP contribution >= 0.6 is 0 Å². The molecule has 0 spiro atoms. The Kier molecular flexibility index (Phi) is 18.5. The number of carbonyl (C=O) groups is 2. The molecule has 1 N–H and O–H groups in total. The molecule has 0 aliphatic heterocycles. The maximum absolute atomic E-state index is 13.1. The van der Waals surface area contributed by atoms with Crippen LogP contribution in [0.15, 0.2) is 0 Å². The molecule has 1 aromatic rings. The maximum atomic E-state index is 13.1. The summed E-state index contributed by atoms with van der Waals surface area (Å²) in [5.41, 5.74) is 3.95. The minimum Gasteiger partial charge on any atom is -0.481 e. The first-order valence-corrected chi connectivity index (χ1v) is 15.4. The summed E-state index contributed by atoms with van der Waals surface area (Å²) in [4.78, 5) is 24.3. The van der Waals surface area contributed by atoms with Crippen LogP contribution in [0.3, 0.4) is 0 Å². The summed E-state index contributed by atoms with van der Waals surface area (Å²) in [6.45, 7) is 9.40. The normalized spacial score (nSPS) is 11.3. The van der Waals surface area contributed by atoms with Crippen molar-refractivity contribution >= 4 is 11.8 Å². The van der Waals surface area contributed by atoms with E-state index in [1.807, 2.05) is 13.8 Å². The molecule has 0 aliphatic carbocycles. The third kappa shape index (κ3) is 13.1. The fourth-order valence-electron chi connectivity index (χ4n) is 5.52. The lowest BCUT2D eigenvalue weighted by Gasteiger charge is -2.11. The molecule has 0 unspecified atom stereocenters. The number of hydrogen-bond donors (Lipinski definition) is 1. The lowest BCUT2D eigenvalue weighted by molar-refractivity contribution is -0.137. The third-order valence-electron chi connectivity index (χ3n) is 7.75. The van der Waals surface area contributed by atoms with Gasteiger partial charge in [-0.15, -0.1) is 0 Å². The summed E-state index contributed by atoms with van der Waals surface area (Å²) in [5.74, 6) is -0.537. The molecule has 0 saturated heterocycles. The van der Waals surface area contributed by atoms with Crippen molar-refractivity contribution in [3.05, 3.63) is 22.5 Å². The summed E-state index contributed by atoms with van der Waals surface area (Å²) in [6, 6.07) is 0. The van der Waals surface area contributed by atoms with E-state index in [4.69, 9.17) is 0 Å². The molecule has 4 heteroatoms. The fraction of sp³-hybridized carbons (Fsp3) is 0.812. The number of ketones is 1. The largest absolute Gasteiger partial charge is 0.481 e. The van der Waals surface area contributed by atoms with Gasteiger partial charge in [0.25, 0.3) is 0 Å². The first-order valence-electron chi connectivity index (χ1n) is 15.4. The summed E-state index contributed by atoms with van der Waals surface area (Å²) in [7, 11) is 0. The highest BCUT2D eigenvalue weighted by Crippen LogP contribution is 2.26. The maximum Gasteiger partial charge on any atom is 0.303 e. The first kappa shape index (κ1) is 32.4. The lowest BCUT2D eigenvalue weighted by atomic mass is 9.99. The van der Waals surface area contributed by atoms with Crippen molar-refractivity contribution < 1.29 is 14.7 Å². The number of aromatic nitrogens is 1. The smallest absolute Gasteiger partial charge is 0.303 e. The lowest BCUT2D eigenvalue weighted by Crippen LogP contribution is -2.08. The second kappa shape index (κ2) is 20.5. The Hall–Kier alpha value is -1.58. The predicted octanol–water partition coefficient (Wildman–Crippen LogP) is 9.76. The van der Waals surface area contributed by atoms with Crippen molar-refractivity contribution in [2.75, 3.05) is 0 Å². The summed E-state index contributed by atoms with van der Waals surface area (Å²) < 4.78 is 2.23. The van der Waals surface area contributed by atoms with Crippen LogP contribution in [-0.2, 0) is 17.8 Å². The van der Waals surface area contributed by atoms with Crippen molar-refractivity contribution in [3.8, 4) is 0 Å². The Morgan fingerprint density at radius 1 is 0.639 bits per heavy atom. The van der Waals surface area contributed by atoms with Gasteiger partial charge in [-0.1, -0.05) is 117 Å². The van der Waals surface area contributed by atoms with Crippen LogP contribution in [0.25, 0.3) is 0 Å². The monoisotopic (exact) mass is 503 g/mol. The zero-order valence-corrected chi connectivity index (χ0v) is 24.3. The molecule has 36 heavy (non-hydrogen) atoms. The number of hydrogen-bond acceptors (Lipinski definition) is 2. The Morgan fingerprint density at radius 3 is 1.56 bits per heavy atom. The summed E-state index contributed by atoms with van der Waals surface area (Å²) in [6.07, 6.45) is 24.5. The highest BCUT2D eigenvalue weighted by Gasteiger charge is 2.22. The van der Waals surface area contributed by atoms with E-state index in [-0.39, 0.29) is 12.2 Å². The number of carboxylic acid groups (broad SMARTS) is 1. The number of aliphatic carboxylic acids is 1.